The van der Waals surface area contributed by atoms with Gasteiger partial charge < -0.3 is 10.5 Å². The van der Waals surface area contributed by atoms with Gasteiger partial charge >= 0.3 is 0 Å². The number of hydrogen-bond acceptors (Lipinski definition) is 2. The first kappa shape index (κ1) is 14.4. The van der Waals surface area contributed by atoms with E-state index >= 15 is 0 Å². The third-order valence-electron chi connectivity index (χ3n) is 2.83. The zero-order valence-electron chi connectivity index (χ0n) is 10.8. The quantitative estimate of drug-likeness (QED) is 0.831. The summed E-state index contributed by atoms with van der Waals surface area (Å²) < 4.78 is 6.80. The highest BCUT2D eigenvalue weighted by Gasteiger charge is 2.08. The molecule has 0 aliphatic carbocycles. The minimum atomic E-state index is -0.0132. The monoisotopic (exact) mass is 339 g/mol. The predicted molar refractivity (Wildman–Crippen MR) is 83.0 cm³/mol. The maximum atomic E-state index is 5.92. The number of aryl methyl sites for hydroxylation is 1. The average Bonchev–Trinajstić information content (AvgIpc) is 2.32. The van der Waals surface area contributed by atoms with Gasteiger partial charge in [0.15, 0.2) is 0 Å². The molecule has 0 radical (unpaired) electrons. The van der Waals surface area contributed by atoms with E-state index in [1.807, 2.05) is 50.2 Å². The van der Waals surface area contributed by atoms with Crippen LogP contribution >= 0.6 is 27.5 Å². The van der Waals surface area contributed by atoms with Crippen LogP contribution < -0.4 is 10.5 Å². The van der Waals surface area contributed by atoms with Crippen molar-refractivity contribution in [2.24, 2.45) is 5.73 Å². The molecule has 1 atom stereocenters. The zero-order chi connectivity index (χ0) is 14.0. The first-order valence-electron chi connectivity index (χ1n) is 5.96. The van der Waals surface area contributed by atoms with Gasteiger partial charge in [0.25, 0.3) is 0 Å². The molecule has 0 saturated heterocycles. The van der Waals surface area contributed by atoms with Crippen molar-refractivity contribution in [3.05, 3.63) is 57.0 Å². The molecule has 0 bridgehead atoms. The first-order valence-corrected chi connectivity index (χ1v) is 7.13. The van der Waals surface area contributed by atoms with Crippen LogP contribution in [0, 0.1) is 6.92 Å². The van der Waals surface area contributed by atoms with Crippen molar-refractivity contribution in [2.45, 2.75) is 19.9 Å². The Morgan fingerprint density at radius 1 is 1.21 bits per heavy atom. The predicted octanol–water partition coefficient (Wildman–Crippen LogP) is 5.22. The molecular formula is C15H15BrClNO. The Labute approximate surface area is 126 Å². The van der Waals surface area contributed by atoms with Crippen molar-refractivity contribution in [1.29, 1.82) is 0 Å². The number of ether oxygens (including phenoxy) is 1. The van der Waals surface area contributed by atoms with Crippen LogP contribution in [0.4, 0.5) is 0 Å². The highest BCUT2D eigenvalue weighted by molar-refractivity contribution is 9.10. The summed E-state index contributed by atoms with van der Waals surface area (Å²) in [5.41, 5.74) is 7.93. The van der Waals surface area contributed by atoms with Gasteiger partial charge in [-0.15, -0.1) is 0 Å². The molecule has 0 heterocycles. The lowest BCUT2D eigenvalue weighted by atomic mass is 10.1. The fourth-order valence-electron chi connectivity index (χ4n) is 1.79. The van der Waals surface area contributed by atoms with Gasteiger partial charge in [-0.3, -0.25) is 0 Å². The molecule has 2 rings (SSSR count). The second-order valence-electron chi connectivity index (χ2n) is 4.48. The molecule has 2 N–H and O–H groups in total. The second kappa shape index (κ2) is 5.95. The van der Waals surface area contributed by atoms with Crippen molar-refractivity contribution >= 4 is 27.5 Å². The smallest absolute Gasteiger partial charge is 0.130 e. The fourth-order valence-corrected chi connectivity index (χ4v) is 2.74. The Kier molecular flexibility index (Phi) is 4.50. The number of rotatable bonds is 3. The Hall–Kier alpha value is -1.03. The topological polar surface area (TPSA) is 35.2 Å². The second-order valence-corrected chi connectivity index (χ2v) is 5.77. The number of halogens is 2. The van der Waals surface area contributed by atoms with Crippen molar-refractivity contribution in [3.8, 4) is 11.5 Å². The van der Waals surface area contributed by atoms with E-state index in [4.69, 9.17) is 22.1 Å². The van der Waals surface area contributed by atoms with E-state index in [9.17, 15) is 0 Å². The summed E-state index contributed by atoms with van der Waals surface area (Å²) in [6.07, 6.45) is 0. The van der Waals surface area contributed by atoms with E-state index in [0.29, 0.717) is 5.02 Å². The van der Waals surface area contributed by atoms with Crippen LogP contribution in [0.3, 0.4) is 0 Å². The van der Waals surface area contributed by atoms with E-state index < -0.39 is 0 Å². The van der Waals surface area contributed by atoms with Gasteiger partial charge in [-0.1, -0.05) is 33.6 Å². The van der Waals surface area contributed by atoms with E-state index in [0.717, 1.165) is 27.1 Å². The SMILES string of the molecule is Cc1cc(Cl)ccc1Oc1ccc([C@@H](C)N)c(Br)c1. The van der Waals surface area contributed by atoms with Crippen LogP contribution in [0.15, 0.2) is 40.9 Å². The van der Waals surface area contributed by atoms with E-state index in [2.05, 4.69) is 15.9 Å². The van der Waals surface area contributed by atoms with Crippen molar-refractivity contribution in [1.82, 2.24) is 0 Å². The number of nitrogens with two attached hydrogens (primary N) is 1. The summed E-state index contributed by atoms with van der Waals surface area (Å²) in [6.45, 7) is 3.91. The standard InChI is InChI=1S/C15H15BrClNO/c1-9-7-11(17)3-6-15(9)19-12-4-5-13(10(2)18)14(16)8-12/h3-8,10H,18H2,1-2H3/t10-/m1/s1. The van der Waals surface area contributed by atoms with Crippen molar-refractivity contribution in [3.63, 3.8) is 0 Å². The largest absolute Gasteiger partial charge is 0.457 e. The van der Waals surface area contributed by atoms with Crippen LogP contribution in [0.5, 0.6) is 11.5 Å². The summed E-state index contributed by atoms with van der Waals surface area (Å²) >= 11 is 9.43. The van der Waals surface area contributed by atoms with Gasteiger partial charge in [-0.05, 0) is 55.3 Å². The van der Waals surface area contributed by atoms with Crippen LogP contribution in [0.2, 0.25) is 5.02 Å². The fraction of sp³-hybridized carbons (Fsp3) is 0.200. The molecule has 4 heteroatoms. The molecule has 0 fully saturated rings. The molecule has 100 valence electrons. The molecule has 0 aromatic heterocycles. The minimum absolute atomic E-state index is 0.0132. The summed E-state index contributed by atoms with van der Waals surface area (Å²) in [6, 6.07) is 11.3. The van der Waals surface area contributed by atoms with Gasteiger partial charge in [0.1, 0.15) is 11.5 Å². The molecule has 0 saturated carbocycles. The molecule has 0 unspecified atom stereocenters. The minimum Gasteiger partial charge on any atom is -0.457 e. The number of benzene rings is 2. The Bertz CT molecular complexity index is 599. The summed E-state index contributed by atoms with van der Waals surface area (Å²) in [5.74, 6) is 1.56. The van der Waals surface area contributed by atoms with Gasteiger partial charge in [0, 0.05) is 15.5 Å². The van der Waals surface area contributed by atoms with Crippen molar-refractivity contribution < 1.29 is 4.74 Å². The average molecular weight is 341 g/mol. The molecule has 2 aromatic carbocycles. The molecule has 2 nitrogen and oxygen atoms in total. The van der Waals surface area contributed by atoms with Gasteiger partial charge in [-0.25, -0.2) is 0 Å². The highest BCUT2D eigenvalue weighted by Crippen LogP contribution is 2.31. The van der Waals surface area contributed by atoms with Gasteiger partial charge in [0.2, 0.25) is 0 Å². The Morgan fingerprint density at radius 3 is 2.53 bits per heavy atom. The van der Waals surface area contributed by atoms with Crippen LogP contribution in [-0.4, -0.2) is 0 Å². The number of hydrogen-bond donors (Lipinski definition) is 1. The maximum Gasteiger partial charge on any atom is 0.130 e. The van der Waals surface area contributed by atoms with Crippen LogP contribution in [0.1, 0.15) is 24.1 Å². The molecule has 0 amide bonds. The maximum absolute atomic E-state index is 5.92. The zero-order valence-corrected chi connectivity index (χ0v) is 13.1. The van der Waals surface area contributed by atoms with Crippen LogP contribution in [0.25, 0.3) is 0 Å². The third-order valence-corrected chi connectivity index (χ3v) is 3.75. The van der Waals surface area contributed by atoms with E-state index in [-0.39, 0.29) is 6.04 Å². The normalized spacial score (nSPS) is 12.3. The van der Waals surface area contributed by atoms with Gasteiger partial charge in [0.05, 0.1) is 0 Å². The lowest BCUT2D eigenvalue weighted by molar-refractivity contribution is 0.478. The molecule has 19 heavy (non-hydrogen) atoms. The van der Waals surface area contributed by atoms with E-state index in [1.165, 1.54) is 0 Å². The third kappa shape index (κ3) is 3.50. The Morgan fingerprint density at radius 2 is 1.95 bits per heavy atom. The molecule has 0 spiro atoms. The highest BCUT2D eigenvalue weighted by atomic mass is 79.9. The molecule has 0 aliphatic rings. The molecular weight excluding hydrogens is 326 g/mol. The lowest BCUT2D eigenvalue weighted by Crippen LogP contribution is -2.05. The Balaban J connectivity index is 2.26. The molecule has 2 aromatic rings. The summed E-state index contributed by atoms with van der Waals surface area (Å²) in [5, 5.41) is 0.707. The van der Waals surface area contributed by atoms with Crippen LogP contribution in [-0.2, 0) is 0 Å². The van der Waals surface area contributed by atoms with Gasteiger partial charge in [-0.2, -0.15) is 0 Å². The summed E-state index contributed by atoms with van der Waals surface area (Å²) in [4.78, 5) is 0. The van der Waals surface area contributed by atoms with E-state index in [1.54, 1.807) is 0 Å². The molecule has 0 aliphatic heterocycles. The summed E-state index contributed by atoms with van der Waals surface area (Å²) in [7, 11) is 0. The van der Waals surface area contributed by atoms with Crippen molar-refractivity contribution in [2.75, 3.05) is 0 Å². The first-order chi connectivity index (χ1) is 8.97. The lowest BCUT2D eigenvalue weighted by Gasteiger charge is -2.12.